The van der Waals surface area contributed by atoms with Gasteiger partial charge < -0.3 is 0 Å². The minimum atomic E-state index is 0.157. The van der Waals surface area contributed by atoms with Crippen LogP contribution in [0.25, 0.3) is 0 Å². The van der Waals surface area contributed by atoms with E-state index >= 15 is 0 Å². The minimum Gasteiger partial charge on any atom is -0.271 e. The van der Waals surface area contributed by atoms with Crippen LogP contribution >= 0.6 is 11.5 Å². The molecule has 5 heteroatoms. The summed E-state index contributed by atoms with van der Waals surface area (Å²) in [5.41, 5.74) is 3.71. The van der Waals surface area contributed by atoms with Crippen LogP contribution in [-0.2, 0) is 6.42 Å². The molecule has 0 radical (unpaired) electrons. The largest absolute Gasteiger partial charge is 0.271 e. The van der Waals surface area contributed by atoms with Crippen LogP contribution in [0.4, 0.5) is 0 Å². The normalized spacial score (nSPS) is 13.4. The molecule has 62 valence electrons. The van der Waals surface area contributed by atoms with Crippen LogP contribution in [0.1, 0.15) is 30.5 Å². The van der Waals surface area contributed by atoms with Gasteiger partial charge in [-0.05, 0) is 24.9 Å². The highest BCUT2D eigenvalue weighted by molar-refractivity contribution is 7.05. The Balaban J connectivity index is 2.83. The van der Waals surface area contributed by atoms with Gasteiger partial charge in [-0.3, -0.25) is 11.3 Å². The first kappa shape index (κ1) is 8.58. The number of aromatic nitrogens is 2. The molecule has 4 nitrogen and oxygen atoms in total. The van der Waals surface area contributed by atoms with E-state index in [1.807, 2.05) is 6.92 Å². The number of hydrogen-bond acceptors (Lipinski definition) is 5. The van der Waals surface area contributed by atoms with Crippen LogP contribution in [0.5, 0.6) is 0 Å². The highest BCUT2D eigenvalue weighted by atomic mass is 32.1. The first-order valence-corrected chi connectivity index (χ1v) is 4.34. The molecule has 1 rings (SSSR count). The lowest BCUT2D eigenvalue weighted by Crippen LogP contribution is -2.25. The van der Waals surface area contributed by atoms with Gasteiger partial charge >= 0.3 is 0 Å². The van der Waals surface area contributed by atoms with Crippen LogP contribution in [0.15, 0.2) is 0 Å². The number of nitrogens with zero attached hydrogens (tertiary/aromatic N) is 2. The molecule has 1 atom stereocenters. The second-order valence-electron chi connectivity index (χ2n) is 2.33. The van der Waals surface area contributed by atoms with E-state index in [0.717, 1.165) is 17.0 Å². The van der Waals surface area contributed by atoms with Crippen LogP contribution in [0, 0.1) is 0 Å². The summed E-state index contributed by atoms with van der Waals surface area (Å²) < 4.78 is 3.86. The molecule has 0 amide bonds. The third kappa shape index (κ3) is 1.74. The van der Waals surface area contributed by atoms with Crippen molar-refractivity contribution in [2.24, 2.45) is 5.84 Å². The van der Waals surface area contributed by atoms with Crippen LogP contribution in [0.2, 0.25) is 0 Å². The number of rotatable bonds is 3. The predicted molar refractivity (Wildman–Crippen MR) is 45.0 cm³/mol. The van der Waals surface area contributed by atoms with Gasteiger partial charge in [0.15, 0.2) is 0 Å². The molecule has 3 N–H and O–H groups in total. The number of hydrazine groups is 1. The van der Waals surface area contributed by atoms with E-state index in [1.165, 1.54) is 11.5 Å². The van der Waals surface area contributed by atoms with E-state index < -0.39 is 0 Å². The number of nitrogens with one attached hydrogen (secondary N) is 1. The smallest absolute Gasteiger partial charge is 0.0801 e. The zero-order valence-electron chi connectivity index (χ0n) is 6.66. The fourth-order valence-corrected chi connectivity index (χ4v) is 1.61. The quantitative estimate of drug-likeness (QED) is 0.518. The molecule has 1 heterocycles. The number of nitrogens with two attached hydrogens (primary N) is 1. The summed E-state index contributed by atoms with van der Waals surface area (Å²) in [7, 11) is 0. The maximum Gasteiger partial charge on any atom is 0.0801 e. The van der Waals surface area contributed by atoms with Crippen molar-refractivity contribution in [2.45, 2.75) is 26.3 Å². The molecule has 0 bridgehead atoms. The van der Waals surface area contributed by atoms with E-state index in [-0.39, 0.29) is 6.04 Å². The van der Waals surface area contributed by atoms with Crippen molar-refractivity contribution in [3.05, 3.63) is 10.6 Å². The van der Waals surface area contributed by atoms with Gasteiger partial charge in [-0.15, -0.1) is 5.10 Å². The minimum absolute atomic E-state index is 0.157. The summed E-state index contributed by atoms with van der Waals surface area (Å²) in [6.07, 6.45) is 0.915. The Labute approximate surface area is 69.9 Å². The average molecular weight is 172 g/mol. The fraction of sp³-hybridized carbons (Fsp3) is 0.667. The van der Waals surface area contributed by atoms with Crippen molar-refractivity contribution < 1.29 is 0 Å². The first-order valence-electron chi connectivity index (χ1n) is 3.56. The van der Waals surface area contributed by atoms with Gasteiger partial charge in [0.05, 0.1) is 16.6 Å². The summed E-state index contributed by atoms with van der Waals surface area (Å²) >= 11 is 1.40. The average Bonchev–Trinajstić information content (AvgIpc) is 2.50. The SMILES string of the molecule is CCc1nnsc1C(C)NN. The fourth-order valence-electron chi connectivity index (χ4n) is 0.865. The standard InChI is InChI=1S/C6H12N4S/c1-3-5-6(4(2)8-7)11-10-9-5/h4,8H,3,7H2,1-2H3. The molecular formula is C6H12N4S. The third-order valence-corrected chi connectivity index (χ3v) is 2.51. The predicted octanol–water partition coefficient (Wildman–Crippen LogP) is 0.625. The Kier molecular flexibility index (Phi) is 2.92. The summed E-state index contributed by atoms with van der Waals surface area (Å²) in [6.45, 7) is 4.05. The van der Waals surface area contributed by atoms with E-state index in [9.17, 15) is 0 Å². The Morgan fingerprint density at radius 1 is 1.73 bits per heavy atom. The summed E-state index contributed by atoms with van der Waals surface area (Å²) in [4.78, 5) is 1.13. The van der Waals surface area contributed by atoms with Crippen molar-refractivity contribution in [3.63, 3.8) is 0 Å². The van der Waals surface area contributed by atoms with Crippen molar-refractivity contribution >= 4 is 11.5 Å². The molecule has 0 saturated carbocycles. The first-order chi connectivity index (χ1) is 5.29. The van der Waals surface area contributed by atoms with E-state index in [1.54, 1.807) is 0 Å². The summed E-state index contributed by atoms with van der Waals surface area (Å²) in [5, 5.41) is 3.98. The van der Waals surface area contributed by atoms with Gasteiger partial charge in [0, 0.05) is 0 Å². The molecular weight excluding hydrogens is 160 g/mol. The second kappa shape index (κ2) is 3.75. The lowest BCUT2D eigenvalue weighted by atomic mass is 10.2. The number of hydrogen-bond donors (Lipinski definition) is 2. The molecule has 1 aromatic heterocycles. The lowest BCUT2D eigenvalue weighted by molar-refractivity contribution is 0.605. The van der Waals surface area contributed by atoms with Crippen molar-refractivity contribution in [2.75, 3.05) is 0 Å². The molecule has 0 aliphatic rings. The molecule has 1 unspecified atom stereocenters. The highest BCUT2D eigenvalue weighted by Crippen LogP contribution is 2.18. The second-order valence-corrected chi connectivity index (χ2v) is 3.11. The van der Waals surface area contributed by atoms with Gasteiger partial charge in [0.25, 0.3) is 0 Å². The van der Waals surface area contributed by atoms with E-state index in [2.05, 4.69) is 21.9 Å². The van der Waals surface area contributed by atoms with Crippen molar-refractivity contribution in [3.8, 4) is 0 Å². The van der Waals surface area contributed by atoms with Gasteiger partial charge in [-0.25, -0.2) is 0 Å². The van der Waals surface area contributed by atoms with Gasteiger partial charge in [0.2, 0.25) is 0 Å². The van der Waals surface area contributed by atoms with Gasteiger partial charge in [-0.2, -0.15) is 0 Å². The zero-order valence-corrected chi connectivity index (χ0v) is 7.48. The molecule has 0 aliphatic carbocycles. The Morgan fingerprint density at radius 3 is 3.00 bits per heavy atom. The Bertz CT molecular complexity index is 222. The topological polar surface area (TPSA) is 63.8 Å². The van der Waals surface area contributed by atoms with Gasteiger partial charge in [-0.1, -0.05) is 11.4 Å². The Hall–Kier alpha value is -0.520. The molecule has 11 heavy (non-hydrogen) atoms. The molecule has 0 aromatic carbocycles. The van der Waals surface area contributed by atoms with E-state index in [4.69, 9.17) is 5.84 Å². The maximum absolute atomic E-state index is 5.29. The van der Waals surface area contributed by atoms with Crippen LogP contribution in [-0.4, -0.2) is 9.59 Å². The third-order valence-electron chi connectivity index (χ3n) is 1.56. The maximum atomic E-state index is 5.29. The molecule has 1 aromatic rings. The van der Waals surface area contributed by atoms with Crippen LogP contribution in [0.3, 0.4) is 0 Å². The summed E-state index contributed by atoms with van der Waals surface area (Å²) in [5.74, 6) is 5.29. The molecule has 0 fully saturated rings. The van der Waals surface area contributed by atoms with E-state index in [0.29, 0.717) is 0 Å². The highest BCUT2D eigenvalue weighted by Gasteiger charge is 2.11. The van der Waals surface area contributed by atoms with Crippen molar-refractivity contribution in [1.82, 2.24) is 15.0 Å². The lowest BCUT2D eigenvalue weighted by Gasteiger charge is -2.06. The summed E-state index contributed by atoms with van der Waals surface area (Å²) in [6, 6.07) is 0.157. The molecule has 0 saturated heterocycles. The molecule has 0 spiro atoms. The van der Waals surface area contributed by atoms with Crippen LogP contribution < -0.4 is 11.3 Å². The van der Waals surface area contributed by atoms with Gasteiger partial charge in [0.1, 0.15) is 0 Å². The van der Waals surface area contributed by atoms with Crippen molar-refractivity contribution in [1.29, 1.82) is 0 Å². The Morgan fingerprint density at radius 2 is 2.45 bits per heavy atom. The zero-order chi connectivity index (χ0) is 8.27. The monoisotopic (exact) mass is 172 g/mol. The molecule has 0 aliphatic heterocycles. The number of aryl methyl sites for hydroxylation is 1.